The molecule has 0 aromatic carbocycles. The Labute approximate surface area is 109 Å². The van der Waals surface area contributed by atoms with Crippen LogP contribution in [0.25, 0.3) is 0 Å². The summed E-state index contributed by atoms with van der Waals surface area (Å²) in [7, 11) is 0. The molecule has 0 aliphatic rings. The Hall–Kier alpha value is -1.28. The van der Waals surface area contributed by atoms with Crippen molar-refractivity contribution >= 4 is 11.3 Å². The van der Waals surface area contributed by atoms with E-state index in [9.17, 15) is 5.11 Å². The third kappa shape index (κ3) is 3.61. The van der Waals surface area contributed by atoms with Crippen LogP contribution in [0.3, 0.4) is 0 Å². The van der Waals surface area contributed by atoms with Gasteiger partial charge in [0, 0.05) is 19.3 Å². The third-order valence-electron chi connectivity index (χ3n) is 2.49. The fraction of sp³-hybridized carbons (Fsp3) is 0.455. The summed E-state index contributed by atoms with van der Waals surface area (Å²) >= 11 is 1.57. The Kier molecular flexibility index (Phi) is 4.82. The average molecular weight is 268 g/mol. The van der Waals surface area contributed by atoms with Crippen molar-refractivity contribution < 1.29 is 10.2 Å². The number of nitrogens with zero attached hydrogens (tertiary/aromatic N) is 3. The van der Waals surface area contributed by atoms with Crippen molar-refractivity contribution in [1.82, 2.24) is 20.3 Å². The maximum Gasteiger partial charge on any atom is 0.0964 e. The third-order valence-corrected chi connectivity index (χ3v) is 3.19. The lowest BCUT2D eigenvalue weighted by atomic mass is 10.2. The SMILES string of the molecule is OCCn1cc(CNCC(O)c2ccsc2)nn1. The van der Waals surface area contributed by atoms with Crippen LogP contribution in [-0.2, 0) is 13.1 Å². The summed E-state index contributed by atoms with van der Waals surface area (Å²) in [6.07, 6.45) is 1.28. The second-order valence-corrected chi connectivity index (χ2v) is 4.68. The van der Waals surface area contributed by atoms with Crippen LogP contribution in [0.1, 0.15) is 17.4 Å². The summed E-state index contributed by atoms with van der Waals surface area (Å²) in [4.78, 5) is 0. The average Bonchev–Trinajstić information content (AvgIpc) is 3.00. The zero-order chi connectivity index (χ0) is 12.8. The van der Waals surface area contributed by atoms with Crippen molar-refractivity contribution in [3.05, 3.63) is 34.3 Å². The van der Waals surface area contributed by atoms with E-state index in [1.54, 1.807) is 22.2 Å². The number of aromatic nitrogens is 3. The van der Waals surface area contributed by atoms with Crippen LogP contribution in [0.2, 0.25) is 0 Å². The molecule has 0 saturated heterocycles. The van der Waals surface area contributed by atoms with Gasteiger partial charge in [0.15, 0.2) is 0 Å². The lowest BCUT2D eigenvalue weighted by Crippen LogP contribution is -2.20. The van der Waals surface area contributed by atoms with E-state index in [1.165, 1.54) is 0 Å². The summed E-state index contributed by atoms with van der Waals surface area (Å²) in [6.45, 7) is 1.52. The van der Waals surface area contributed by atoms with E-state index in [1.807, 2.05) is 16.8 Å². The van der Waals surface area contributed by atoms with Gasteiger partial charge in [-0.1, -0.05) is 5.21 Å². The smallest absolute Gasteiger partial charge is 0.0964 e. The molecule has 0 saturated carbocycles. The minimum absolute atomic E-state index is 0.0487. The first kappa shape index (κ1) is 13.2. The minimum atomic E-state index is -0.497. The molecule has 2 aromatic rings. The van der Waals surface area contributed by atoms with Gasteiger partial charge < -0.3 is 15.5 Å². The van der Waals surface area contributed by atoms with Gasteiger partial charge in [-0.25, -0.2) is 4.68 Å². The van der Waals surface area contributed by atoms with Gasteiger partial charge in [-0.15, -0.1) is 5.10 Å². The molecule has 0 amide bonds. The lowest BCUT2D eigenvalue weighted by molar-refractivity contribution is 0.174. The molecule has 1 atom stereocenters. The van der Waals surface area contributed by atoms with Crippen LogP contribution in [0.4, 0.5) is 0 Å². The largest absolute Gasteiger partial charge is 0.394 e. The van der Waals surface area contributed by atoms with Crippen molar-refractivity contribution in [1.29, 1.82) is 0 Å². The van der Waals surface area contributed by atoms with Crippen molar-refractivity contribution in [3.63, 3.8) is 0 Å². The minimum Gasteiger partial charge on any atom is -0.394 e. The molecule has 2 rings (SSSR count). The van der Waals surface area contributed by atoms with Gasteiger partial charge in [-0.2, -0.15) is 11.3 Å². The number of aliphatic hydroxyl groups is 2. The quantitative estimate of drug-likeness (QED) is 0.666. The first-order valence-corrected chi connectivity index (χ1v) is 6.64. The summed E-state index contributed by atoms with van der Waals surface area (Å²) in [5.74, 6) is 0. The zero-order valence-corrected chi connectivity index (χ0v) is 10.7. The molecule has 0 bridgehead atoms. The predicted octanol–water partition coefficient (Wildman–Crippen LogP) is 0.155. The van der Waals surface area contributed by atoms with E-state index in [0.717, 1.165) is 11.3 Å². The lowest BCUT2D eigenvalue weighted by Gasteiger charge is -2.08. The molecular weight excluding hydrogens is 252 g/mol. The zero-order valence-electron chi connectivity index (χ0n) is 9.86. The second-order valence-electron chi connectivity index (χ2n) is 3.90. The van der Waals surface area contributed by atoms with Crippen LogP contribution in [-0.4, -0.2) is 38.4 Å². The monoisotopic (exact) mass is 268 g/mol. The number of hydrogen-bond acceptors (Lipinski definition) is 6. The van der Waals surface area contributed by atoms with Crippen LogP contribution >= 0.6 is 11.3 Å². The Morgan fingerprint density at radius 2 is 2.39 bits per heavy atom. The molecule has 0 aliphatic heterocycles. The topological polar surface area (TPSA) is 83.2 Å². The maximum atomic E-state index is 9.85. The Morgan fingerprint density at radius 1 is 1.50 bits per heavy atom. The number of rotatable bonds is 7. The number of hydrogen-bond donors (Lipinski definition) is 3. The van der Waals surface area contributed by atoms with E-state index in [-0.39, 0.29) is 6.61 Å². The molecule has 0 spiro atoms. The molecule has 98 valence electrons. The summed E-state index contributed by atoms with van der Waals surface area (Å²) in [5, 5.41) is 33.4. The van der Waals surface area contributed by atoms with Gasteiger partial charge in [0.1, 0.15) is 0 Å². The fourth-order valence-corrected chi connectivity index (χ4v) is 2.26. The summed E-state index contributed by atoms with van der Waals surface area (Å²) in [6, 6.07) is 1.91. The van der Waals surface area contributed by atoms with Crippen molar-refractivity contribution in [2.24, 2.45) is 0 Å². The molecule has 18 heavy (non-hydrogen) atoms. The number of aliphatic hydroxyl groups excluding tert-OH is 2. The van der Waals surface area contributed by atoms with Crippen LogP contribution < -0.4 is 5.32 Å². The summed E-state index contributed by atoms with van der Waals surface area (Å²) in [5.41, 5.74) is 1.72. The highest BCUT2D eigenvalue weighted by Crippen LogP contribution is 2.15. The predicted molar refractivity (Wildman–Crippen MR) is 68.1 cm³/mol. The first-order valence-electron chi connectivity index (χ1n) is 5.70. The van der Waals surface area contributed by atoms with Crippen molar-refractivity contribution in [2.75, 3.05) is 13.2 Å². The van der Waals surface area contributed by atoms with E-state index >= 15 is 0 Å². The molecule has 7 heteroatoms. The highest BCUT2D eigenvalue weighted by molar-refractivity contribution is 7.07. The molecule has 0 aliphatic carbocycles. The Balaban J connectivity index is 1.74. The molecule has 3 N–H and O–H groups in total. The van der Waals surface area contributed by atoms with Crippen LogP contribution in [0, 0.1) is 0 Å². The van der Waals surface area contributed by atoms with Crippen LogP contribution in [0.15, 0.2) is 23.0 Å². The molecule has 1 unspecified atom stereocenters. The van der Waals surface area contributed by atoms with E-state index in [2.05, 4.69) is 15.6 Å². The maximum absolute atomic E-state index is 9.85. The van der Waals surface area contributed by atoms with Gasteiger partial charge in [0.25, 0.3) is 0 Å². The second kappa shape index (κ2) is 6.60. The molecule has 0 radical (unpaired) electrons. The van der Waals surface area contributed by atoms with E-state index < -0.39 is 6.10 Å². The Bertz CT molecular complexity index is 457. The van der Waals surface area contributed by atoms with Gasteiger partial charge in [-0.05, 0) is 22.4 Å². The van der Waals surface area contributed by atoms with Gasteiger partial charge in [-0.3, -0.25) is 0 Å². The van der Waals surface area contributed by atoms with Gasteiger partial charge in [0.05, 0.1) is 24.9 Å². The number of thiophene rings is 1. The van der Waals surface area contributed by atoms with Crippen LogP contribution in [0.5, 0.6) is 0 Å². The van der Waals surface area contributed by atoms with Gasteiger partial charge in [0.2, 0.25) is 0 Å². The molecule has 2 heterocycles. The molecule has 0 fully saturated rings. The normalized spacial score (nSPS) is 12.8. The first-order chi connectivity index (χ1) is 8.79. The highest BCUT2D eigenvalue weighted by atomic mass is 32.1. The van der Waals surface area contributed by atoms with E-state index in [4.69, 9.17) is 5.11 Å². The highest BCUT2D eigenvalue weighted by Gasteiger charge is 2.07. The fourth-order valence-electron chi connectivity index (χ4n) is 1.55. The van der Waals surface area contributed by atoms with E-state index in [0.29, 0.717) is 19.6 Å². The Morgan fingerprint density at radius 3 is 3.11 bits per heavy atom. The van der Waals surface area contributed by atoms with Gasteiger partial charge >= 0.3 is 0 Å². The molecule has 2 aromatic heterocycles. The standard InChI is InChI=1S/C11H16N4O2S/c16-3-2-15-7-10(13-14-15)5-12-6-11(17)9-1-4-18-8-9/h1,4,7-8,11-12,16-17H,2-3,5-6H2. The van der Waals surface area contributed by atoms with Crippen molar-refractivity contribution in [2.45, 2.75) is 19.2 Å². The molecule has 6 nitrogen and oxygen atoms in total. The summed E-state index contributed by atoms with van der Waals surface area (Å²) < 4.78 is 1.59. The molecular formula is C11H16N4O2S. The number of nitrogens with one attached hydrogen (secondary N) is 1. The van der Waals surface area contributed by atoms with Crippen molar-refractivity contribution in [3.8, 4) is 0 Å².